The highest BCUT2D eigenvalue weighted by Crippen LogP contribution is 2.28. The number of ether oxygens (including phenoxy) is 1. The van der Waals surface area contributed by atoms with Crippen molar-refractivity contribution in [3.8, 4) is 0 Å². The second-order valence-electron chi connectivity index (χ2n) is 7.71. The van der Waals surface area contributed by atoms with Crippen LogP contribution >= 0.6 is 11.3 Å². The molecule has 1 aliphatic carbocycles. The van der Waals surface area contributed by atoms with Gasteiger partial charge >= 0.3 is 5.97 Å². The summed E-state index contributed by atoms with van der Waals surface area (Å²) in [6.45, 7) is 2.88. The first kappa shape index (κ1) is 21.4. The Morgan fingerprint density at radius 2 is 2.03 bits per heavy atom. The number of nitrogens with zero attached hydrogens (tertiary/aromatic N) is 2. The van der Waals surface area contributed by atoms with Crippen molar-refractivity contribution in [2.45, 2.75) is 52.0 Å². The largest absolute Gasteiger partial charge is 0.465 e. The molecule has 0 aromatic carbocycles. The maximum atomic E-state index is 12.6. The van der Waals surface area contributed by atoms with E-state index in [-0.39, 0.29) is 12.1 Å². The number of rotatable bonds is 8. The molecule has 0 unspecified atom stereocenters. The number of carbonyl (C=O) groups excluding carboxylic acids is 2. The van der Waals surface area contributed by atoms with Gasteiger partial charge in [0, 0.05) is 0 Å². The van der Waals surface area contributed by atoms with Gasteiger partial charge in [-0.2, -0.15) is 0 Å². The minimum absolute atomic E-state index is 0.116. The maximum absolute atomic E-state index is 12.6. The van der Waals surface area contributed by atoms with Gasteiger partial charge in [0.2, 0.25) is 5.91 Å². The predicted molar refractivity (Wildman–Crippen MR) is 112 cm³/mol. The minimum atomic E-state index is -0.478. The molecule has 2 heterocycles. The molecule has 0 aliphatic heterocycles. The van der Waals surface area contributed by atoms with Crippen molar-refractivity contribution in [1.29, 1.82) is 0 Å². The fourth-order valence-electron chi connectivity index (χ4n) is 4.04. The summed E-state index contributed by atoms with van der Waals surface area (Å²) in [6.07, 6.45) is 7.32. The highest BCUT2D eigenvalue weighted by Gasteiger charge is 2.21. The molecule has 0 radical (unpaired) electrons. The zero-order valence-electron chi connectivity index (χ0n) is 17.0. The van der Waals surface area contributed by atoms with Crippen molar-refractivity contribution < 1.29 is 14.3 Å². The lowest BCUT2D eigenvalue weighted by atomic mass is 9.87. The lowest BCUT2D eigenvalue weighted by molar-refractivity contribution is -0.119. The van der Waals surface area contributed by atoms with E-state index >= 15 is 0 Å². The molecular weight excluding hydrogens is 392 g/mol. The molecule has 3 rings (SSSR count). The van der Waals surface area contributed by atoms with E-state index in [1.807, 2.05) is 4.90 Å². The number of fused-ring (bicyclic) bond motifs is 1. The molecule has 0 bridgehead atoms. The van der Waals surface area contributed by atoms with E-state index in [0.717, 1.165) is 24.3 Å². The zero-order chi connectivity index (χ0) is 21.0. The highest BCUT2D eigenvalue weighted by atomic mass is 32.1. The SMILES string of the molecule is COC(=O)c1sc2nc(CN(CCC3CCCCC3)CC(N)=O)[nH]c(=O)c2c1C. The van der Waals surface area contributed by atoms with E-state index in [2.05, 4.69) is 9.97 Å². The Morgan fingerprint density at radius 1 is 1.31 bits per heavy atom. The second-order valence-corrected chi connectivity index (χ2v) is 8.71. The summed E-state index contributed by atoms with van der Waals surface area (Å²) >= 11 is 1.15. The molecule has 29 heavy (non-hydrogen) atoms. The Hall–Kier alpha value is -2.26. The summed E-state index contributed by atoms with van der Waals surface area (Å²) in [4.78, 5) is 46.2. The quantitative estimate of drug-likeness (QED) is 0.633. The lowest BCUT2D eigenvalue weighted by Gasteiger charge is -2.26. The number of methoxy groups -OCH3 is 1. The monoisotopic (exact) mass is 420 g/mol. The average molecular weight is 421 g/mol. The van der Waals surface area contributed by atoms with Crippen LogP contribution in [0.3, 0.4) is 0 Å². The third kappa shape index (κ3) is 5.22. The third-order valence-electron chi connectivity index (χ3n) is 5.55. The second kappa shape index (κ2) is 9.49. The van der Waals surface area contributed by atoms with E-state index < -0.39 is 11.9 Å². The highest BCUT2D eigenvalue weighted by molar-refractivity contribution is 7.20. The molecule has 8 nitrogen and oxygen atoms in total. The Morgan fingerprint density at radius 3 is 2.69 bits per heavy atom. The Kier molecular flexibility index (Phi) is 7.02. The molecule has 158 valence electrons. The molecule has 3 N–H and O–H groups in total. The van der Waals surface area contributed by atoms with Gasteiger partial charge in [-0.15, -0.1) is 11.3 Å². The van der Waals surface area contributed by atoms with Gasteiger partial charge in [-0.3, -0.25) is 14.5 Å². The van der Waals surface area contributed by atoms with E-state index in [1.165, 1.54) is 39.2 Å². The number of H-pyrrole nitrogens is 1. The number of esters is 1. The summed E-state index contributed by atoms with van der Waals surface area (Å²) in [5.41, 5.74) is 5.71. The number of thiophene rings is 1. The first-order chi connectivity index (χ1) is 13.9. The van der Waals surface area contributed by atoms with Crippen molar-refractivity contribution in [1.82, 2.24) is 14.9 Å². The van der Waals surface area contributed by atoms with Gasteiger partial charge in [0.05, 0.1) is 25.6 Å². The van der Waals surface area contributed by atoms with Crippen LogP contribution in [0.2, 0.25) is 0 Å². The van der Waals surface area contributed by atoms with Crippen LogP contribution in [-0.2, 0) is 16.1 Å². The Bertz CT molecular complexity index is 946. The average Bonchev–Trinajstić information content (AvgIpc) is 3.02. The predicted octanol–water partition coefficient (Wildman–Crippen LogP) is 2.34. The van der Waals surface area contributed by atoms with Crippen LogP contribution < -0.4 is 11.3 Å². The van der Waals surface area contributed by atoms with E-state index in [9.17, 15) is 14.4 Å². The van der Waals surface area contributed by atoms with Crippen LogP contribution in [0.4, 0.5) is 0 Å². The van der Waals surface area contributed by atoms with Crippen LogP contribution in [0.5, 0.6) is 0 Å². The van der Waals surface area contributed by atoms with Crippen LogP contribution in [0.25, 0.3) is 10.2 Å². The van der Waals surface area contributed by atoms with Gasteiger partial charge in [-0.05, 0) is 31.4 Å². The fraction of sp³-hybridized carbons (Fsp3) is 0.600. The molecule has 1 amide bonds. The van der Waals surface area contributed by atoms with Crippen LogP contribution in [0.1, 0.15) is 59.6 Å². The normalized spacial score (nSPS) is 15.1. The number of nitrogens with one attached hydrogen (secondary N) is 1. The number of aromatic amines is 1. The van der Waals surface area contributed by atoms with Gasteiger partial charge in [-0.1, -0.05) is 32.1 Å². The van der Waals surface area contributed by atoms with Crippen molar-refractivity contribution in [3.05, 3.63) is 26.6 Å². The zero-order valence-corrected chi connectivity index (χ0v) is 17.8. The summed E-state index contributed by atoms with van der Waals surface area (Å²) in [5.74, 6) is 0.257. The van der Waals surface area contributed by atoms with Gasteiger partial charge in [0.1, 0.15) is 15.5 Å². The molecular formula is C20H28N4O4S. The van der Waals surface area contributed by atoms with Crippen LogP contribution in [0.15, 0.2) is 4.79 Å². The van der Waals surface area contributed by atoms with Gasteiger partial charge in [0.25, 0.3) is 5.56 Å². The van der Waals surface area contributed by atoms with E-state index in [1.54, 1.807) is 6.92 Å². The number of nitrogens with two attached hydrogens (primary N) is 1. The minimum Gasteiger partial charge on any atom is -0.465 e. The Labute approximate surface area is 173 Å². The van der Waals surface area contributed by atoms with Gasteiger partial charge < -0.3 is 15.5 Å². The molecule has 1 fully saturated rings. The molecule has 0 spiro atoms. The number of amides is 1. The third-order valence-corrected chi connectivity index (χ3v) is 6.72. The number of hydrogen-bond donors (Lipinski definition) is 2. The molecule has 9 heteroatoms. The summed E-state index contributed by atoms with van der Waals surface area (Å²) in [5, 5.41) is 0.405. The first-order valence-corrected chi connectivity index (χ1v) is 10.8. The topological polar surface area (TPSA) is 118 Å². The molecule has 0 saturated heterocycles. The molecule has 2 aromatic heterocycles. The van der Waals surface area contributed by atoms with E-state index in [4.69, 9.17) is 10.5 Å². The molecule has 1 saturated carbocycles. The van der Waals surface area contributed by atoms with Crippen molar-refractivity contribution in [2.24, 2.45) is 11.7 Å². The van der Waals surface area contributed by atoms with E-state index in [0.29, 0.717) is 38.9 Å². The Balaban J connectivity index is 1.80. The summed E-state index contributed by atoms with van der Waals surface area (Å²) in [6, 6.07) is 0. The molecule has 0 atom stereocenters. The van der Waals surface area contributed by atoms with Crippen molar-refractivity contribution >= 4 is 33.4 Å². The fourth-order valence-corrected chi connectivity index (χ4v) is 5.16. The number of carbonyl (C=O) groups is 2. The molecule has 2 aromatic rings. The van der Waals surface area contributed by atoms with Crippen molar-refractivity contribution in [3.63, 3.8) is 0 Å². The van der Waals surface area contributed by atoms with Crippen molar-refractivity contribution in [2.75, 3.05) is 20.2 Å². The summed E-state index contributed by atoms with van der Waals surface area (Å²) in [7, 11) is 1.31. The number of aromatic nitrogens is 2. The van der Waals surface area contributed by atoms with Crippen LogP contribution in [-0.4, -0.2) is 46.9 Å². The smallest absolute Gasteiger partial charge is 0.348 e. The number of aryl methyl sites for hydroxylation is 1. The lowest BCUT2D eigenvalue weighted by Crippen LogP contribution is -2.35. The first-order valence-electron chi connectivity index (χ1n) is 10.00. The number of hydrogen-bond acceptors (Lipinski definition) is 7. The van der Waals surface area contributed by atoms with Gasteiger partial charge in [-0.25, -0.2) is 9.78 Å². The standard InChI is InChI=1S/C20H28N4O4S/c1-12-16-18(26)22-15(23-19(16)29-17(12)20(27)28-2)11-24(10-14(21)25)9-8-13-6-4-3-5-7-13/h13H,3-11H2,1-2H3,(H2,21,25)(H,22,23,26). The van der Waals surface area contributed by atoms with Gasteiger partial charge in [0.15, 0.2) is 0 Å². The molecule has 1 aliphatic rings. The van der Waals surface area contributed by atoms with Crippen LogP contribution in [0, 0.1) is 12.8 Å². The maximum Gasteiger partial charge on any atom is 0.348 e. The number of primary amides is 1. The summed E-state index contributed by atoms with van der Waals surface area (Å²) < 4.78 is 4.79.